The molecule has 0 unspecified atom stereocenters. The van der Waals surface area contributed by atoms with Gasteiger partial charge in [0.15, 0.2) is 0 Å². The molecule has 2 aromatic carbocycles. The van der Waals surface area contributed by atoms with Crippen LogP contribution in [0.1, 0.15) is 32.7 Å². The van der Waals surface area contributed by atoms with Crippen molar-refractivity contribution in [1.82, 2.24) is 10.3 Å². The van der Waals surface area contributed by atoms with Crippen molar-refractivity contribution in [2.24, 2.45) is 0 Å². The van der Waals surface area contributed by atoms with Crippen LogP contribution in [-0.2, 0) is 13.1 Å². The van der Waals surface area contributed by atoms with E-state index in [0.717, 1.165) is 17.8 Å². The van der Waals surface area contributed by atoms with Crippen LogP contribution in [0.15, 0.2) is 66.9 Å². The Morgan fingerprint density at radius 2 is 1.69 bits per heavy atom. The number of nitrogens with one attached hydrogen (secondary N) is 2. The van der Waals surface area contributed by atoms with Crippen molar-refractivity contribution < 1.29 is 4.79 Å². The molecule has 0 saturated carbocycles. The molecule has 2 N–H and O–H groups in total. The summed E-state index contributed by atoms with van der Waals surface area (Å²) in [5.41, 5.74) is 6.03. The van der Waals surface area contributed by atoms with E-state index in [4.69, 9.17) is 0 Å². The molecular weight excluding hydrogens is 322 g/mol. The summed E-state index contributed by atoms with van der Waals surface area (Å²) in [4.78, 5) is 16.5. The molecule has 1 amide bonds. The van der Waals surface area contributed by atoms with Crippen LogP contribution >= 0.6 is 0 Å². The van der Waals surface area contributed by atoms with Gasteiger partial charge in [-0.3, -0.25) is 4.79 Å². The SMILES string of the molecule is Cc1ccc(CNC(=O)c2ccc(NCc3cccc(C)c3)cn2)cc1. The summed E-state index contributed by atoms with van der Waals surface area (Å²) in [5, 5.41) is 6.22. The first kappa shape index (κ1) is 17.7. The van der Waals surface area contributed by atoms with E-state index in [9.17, 15) is 4.79 Å². The smallest absolute Gasteiger partial charge is 0.270 e. The fraction of sp³-hybridized carbons (Fsp3) is 0.182. The lowest BCUT2D eigenvalue weighted by Gasteiger charge is -2.08. The first-order valence-electron chi connectivity index (χ1n) is 8.69. The molecule has 132 valence electrons. The van der Waals surface area contributed by atoms with E-state index >= 15 is 0 Å². The van der Waals surface area contributed by atoms with Crippen molar-refractivity contribution in [3.8, 4) is 0 Å². The first-order chi connectivity index (χ1) is 12.6. The summed E-state index contributed by atoms with van der Waals surface area (Å²) in [5.74, 6) is -0.171. The van der Waals surface area contributed by atoms with Gasteiger partial charge >= 0.3 is 0 Å². The highest BCUT2D eigenvalue weighted by Crippen LogP contribution is 2.10. The molecule has 0 aliphatic rings. The maximum atomic E-state index is 12.2. The minimum absolute atomic E-state index is 0.171. The fourth-order valence-corrected chi connectivity index (χ4v) is 2.64. The number of aromatic nitrogens is 1. The fourth-order valence-electron chi connectivity index (χ4n) is 2.64. The lowest BCUT2D eigenvalue weighted by atomic mass is 10.1. The number of carbonyl (C=O) groups is 1. The lowest BCUT2D eigenvalue weighted by Crippen LogP contribution is -2.23. The second-order valence-electron chi connectivity index (χ2n) is 6.44. The molecule has 1 heterocycles. The molecule has 4 heteroatoms. The molecular formula is C22H23N3O. The Morgan fingerprint density at radius 1 is 0.885 bits per heavy atom. The van der Waals surface area contributed by atoms with Crippen LogP contribution in [0.3, 0.4) is 0 Å². The predicted octanol–water partition coefficient (Wildman–Crippen LogP) is 4.24. The van der Waals surface area contributed by atoms with E-state index < -0.39 is 0 Å². The summed E-state index contributed by atoms with van der Waals surface area (Å²) in [6, 6.07) is 20.1. The van der Waals surface area contributed by atoms with Crippen LogP contribution in [-0.4, -0.2) is 10.9 Å². The Morgan fingerprint density at radius 3 is 2.38 bits per heavy atom. The van der Waals surface area contributed by atoms with Gasteiger partial charge in [0.2, 0.25) is 0 Å². The van der Waals surface area contributed by atoms with Gasteiger partial charge in [-0.2, -0.15) is 0 Å². The second-order valence-corrected chi connectivity index (χ2v) is 6.44. The number of nitrogens with zero attached hydrogens (tertiary/aromatic N) is 1. The van der Waals surface area contributed by atoms with Gasteiger partial charge in [0.25, 0.3) is 5.91 Å². The van der Waals surface area contributed by atoms with Gasteiger partial charge in [0.1, 0.15) is 5.69 Å². The van der Waals surface area contributed by atoms with Gasteiger partial charge in [-0.25, -0.2) is 4.98 Å². The van der Waals surface area contributed by atoms with Crippen molar-refractivity contribution in [2.75, 3.05) is 5.32 Å². The van der Waals surface area contributed by atoms with Gasteiger partial charge in [-0.05, 0) is 37.1 Å². The highest BCUT2D eigenvalue weighted by molar-refractivity contribution is 5.92. The predicted molar refractivity (Wildman–Crippen MR) is 105 cm³/mol. The first-order valence-corrected chi connectivity index (χ1v) is 8.69. The minimum Gasteiger partial charge on any atom is -0.380 e. The van der Waals surface area contributed by atoms with Crippen LogP contribution < -0.4 is 10.6 Å². The molecule has 0 saturated heterocycles. The van der Waals surface area contributed by atoms with E-state index in [-0.39, 0.29) is 5.91 Å². The van der Waals surface area contributed by atoms with Crippen molar-refractivity contribution in [1.29, 1.82) is 0 Å². The van der Waals surface area contributed by atoms with Crippen LogP contribution in [0, 0.1) is 13.8 Å². The molecule has 0 aliphatic heterocycles. The third kappa shape index (κ3) is 4.93. The van der Waals surface area contributed by atoms with Crippen LogP contribution in [0.25, 0.3) is 0 Å². The van der Waals surface area contributed by atoms with E-state index in [1.54, 1.807) is 12.3 Å². The van der Waals surface area contributed by atoms with Gasteiger partial charge in [-0.1, -0.05) is 59.7 Å². The molecule has 0 aliphatic carbocycles. The monoisotopic (exact) mass is 345 g/mol. The Labute approximate surface area is 154 Å². The zero-order chi connectivity index (χ0) is 18.4. The molecule has 1 aromatic heterocycles. The third-order valence-corrected chi connectivity index (χ3v) is 4.15. The van der Waals surface area contributed by atoms with Crippen molar-refractivity contribution in [2.45, 2.75) is 26.9 Å². The number of hydrogen-bond acceptors (Lipinski definition) is 3. The number of benzene rings is 2. The Balaban J connectivity index is 1.53. The largest absolute Gasteiger partial charge is 0.380 e. The number of pyridine rings is 1. The standard InChI is InChI=1S/C22H23N3O/c1-16-6-8-18(9-7-16)13-25-22(26)21-11-10-20(15-24-21)23-14-19-5-3-4-17(2)12-19/h3-12,15,23H,13-14H2,1-2H3,(H,25,26). The second kappa shape index (κ2) is 8.30. The number of hydrogen-bond donors (Lipinski definition) is 2. The highest BCUT2D eigenvalue weighted by atomic mass is 16.1. The van der Waals surface area contributed by atoms with Gasteiger partial charge in [0.05, 0.1) is 11.9 Å². The topological polar surface area (TPSA) is 54.0 Å². The molecule has 0 bridgehead atoms. The van der Waals surface area contributed by atoms with Gasteiger partial charge in [0, 0.05) is 13.1 Å². The summed E-state index contributed by atoms with van der Waals surface area (Å²) in [6.07, 6.45) is 1.69. The van der Waals surface area contributed by atoms with E-state index in [1.165, 1.54) is 16.7 Å². The lowest BCUT2D eigenvalue weighted by molar-refractivity contribution is 0.0946. The molecule has 0 spiro atoms. The summed E-state index contributed by atoms with van der Waals surface area (Å²) < 4.78 is 0. The molecule has 0 atom stereocenters. The average Bonchev–Trinajstić information content (AvgIpc) is 2.66. The van der Waals surface area contributed by atoms with Gasteiger partial charge < -0.3 is 10.6 Å². The zero-order valence-electron chi connectivity index (χ0n) is 15.1. The molecule has 3 rings (SSSR count). The van der Waals surface area contributed by atoms with E-state index in [0.29, 0.717) is 12.2 Å². The summed E-state index contributed by atoms with van der Waals surface area (Å²) in [6.45, 7) is 5.34. The molecule has 26 heavy (non-hydrogen) atoms. The zero-order valence-corrected chi connectivity index (χ0v) is 15.1. The van der Waals surface area contributed by atoms with E-state index in [1.807, 2.05) is 43.3 Å². The number of carbonyl (C=O) groups excluding carboxylic acids is 1. The quantitative estimate of drug-likeness (QED) is 0.702. The van der Waals surface area contributed by atoms with Crippen LogP contribution in [0.5, 0.6) is 0 Å². The average molecular weight is 345 g/mol. The van der Waals surface area contributed by atoms with Crippen LogP contribution in [0.4, 0.5) is 5.69 Å². The summed E-state index contributed by atoms with van der Waals surface area (Å²) >= 11 is 0. The Hall–Kier alpha value is -3.14. The normalized spacial score (nSPS) is 10.4. The summed E-state index contributed by atoms with van der Waals surface area (Å²) in [7, 11) is 0. The van der Waals surface area contributed by atoms with Crippen molar-refractivity contribution in [3.63, 3.8) is 0 Å². The maximum Gasteiger partial charge on any atom is 0.270 e. The Bertz CT molecular complexity index is 871. The molecule has 0 fully saturated rings. The third-order valence-electron chi connectivity index (χ3n) is 4.15. The van der Waals surface area contributed by atoms with E-state index in [2.05, 4.69) is 40.7 Å². The highest BCUT2D eigenvalue weighted by Gasteiger charge is 2.07. The molecule has 0 radical (unpaired) electrons. The van der Waals surface area contributed by atoms with Crippen molar-refractivity contribution in [3.05, 3.63) is 94.8 Å². The number of rotatable bonds is 6. The molecule has 4 nitrogen and oxygen atoms in total. The van der Waals surface area contributed by atoms with Crippen molar-refractivity contribution >= 4 is 11.6 Å². The number of amides is 1. The maximum absolute atomic E-state index is 12.2. The number of anilines is 1. The Kier molecular flexibility index (Phi) is 5.64. The van der Waals surface area contributed by atoms with Crippen LogP contribution in [0.2, 0.25) is 0 Å². The van der Waals surface area contributed by atoms with Gasteiger partial charge in [-0.15, -0.1) is 0 Å². The minimum atomic E-state index is -0.171. The molecule has 3 aromatic rings. The number of aryl methyl sites for hydroxylation is 2.